The lowest BCUT2D eigenvalue weighted by Crippen LogP contribution is -2.32. The predicted molar refractivity (Wildman–Crippen MR) is 94.2 cm³/mol. The van der Waals surface area contributed by atoms with Gasteiger partial charge in [0.25, 0.3) is 11.6 Å². The topological polar surface area (TPSA) is 90.7 Å². The molecule has 0 radical (unpaired) electrons. The molecule has 1 atom stereocenters. The summed E-state index contributed by atoms with van der Waals surface area (Å²) < 4.78 is 10.8. The molecule has 2 rings (SSSR count). The largest absolute Gasteiger partial charge is 0.497 e. The summed E-state index contributed by atoms with van der Waals surface area (Å²) in [6.45, 7) is 3.60. The first kappa shape index (κ1) is 18.3. The lowest BCUT2D eigenvalue weighted by molar-refractivity contribution is -0.384. The van der Waals surface area contributed by atoms with E-state index in [1.165, 1.54) is 12.1 Å². The molecule has 0 aliphatic heterocycles. The minimum Gasteiger partial charge on any atom is -0.497 e. The van der Waals surface area contributed by atoms with E-state index in [2.05, 4.69) is 5.32 Å². The van der Waals surface area contributed by atoms with Crippen LogP contribution in [0.2, 0.25) is 0 Å². The highest BCUT2D eigenvalue weighted by Crippen LogP contribution is 2.23. The number of nitro benzene ring substituents is 1. The summed E-state index contributed by atoms with van der Waals surface area (Å²) in [7, 11) is 1.57. The third kappa shape index (κ3) is 4.69. The molecule has 1 N–H and O–H groups in total. The molecule has 1 amide bonds. The average Bonchev–Trinajstić information content (AvgIpc) is 2.61. The second-order valence-electron chi connectivity index (χ2n) is 5.44. The summed E-state index contributed by atoms with van der Waals surface area (Å²) >= 11 is 0. The van der Waals surface area contributed by atoms with Crippen molar-refractivity contribution in [2.75, 3.05) is 12.4 Å². The van der Waals surface area contributed by atoms with Gasteiger partial charge >= 0.3 is 0 Å². The number of amides is 1. The van der Waals surface area contributed by atoms with Crippen LogP contribution in [0.1, 0.15) is 18.9 Å². The number of nitrogens with zero attached hydrogens (tertiary/aromatic N) is 1. The van der Waals surface area contributed by atoms with Crippen molar-refractivity contribution in [1.82, 2.24) is 0 Å². The molecule has 0 unspecified atom stereocenters. The van der Waals surface area contributed by atoms with Gasteiger partial charge in [0.15, 0.2) is 6.10 Å². The first-order valence-electron chi connectivity index (χ1n) is 7.81. The Bertz CT molecular complexity index is 759. The molecule has 7 heteroatoms. The van der Waals surface area contributed by atoms with E-state index in [9.17, 15) is 14.9 Å². The van der Waals surface area contributed by atoms with Crippen LogP contribution >= 0.6 is 0 Å². The lowest BCUT2D eigenvalue weighted by atomic mass is 10.1. The quantitative estimate of drug-likeness (QED) is 0.611. The molecule has 0 saturated carbocycles. The molecule has 2 aromatic rings. The van der Waals surface area contributed by atoms with Crippen LogP contribution in [0.25, 0.3) is 0 Å². The van der Waals surface area contributed by atoms with E-state index in [0.717, 1.165) is 5.56 Å². The molecular weight excluding hydrogens is 324 g/mol. The van der Waals surface area contributed by atoms with Gasteiger partial charge in [-0.15, -0.1) is 0 Å². The zero-order chi connectivity index (χ0) is 18.4. The summed E-state index contributed by atoms with van der Waals surface area (Å²) in [6, 6.07) is 11.2. The van der Waals surface area contributed by atoms with Crippen LogP contribution in [0.4, 0.5) is 11.4 Å². The summed E-state index contributed by atoms with van der Waals surface area (Å²) in [4.78, 5) is 22.9. The average molecular weight is 344 g/mol. The SMILES string of the molecule is CC[C@H](Oc1ccc(OC)cc1)C(=O)Nc1cc([N+](=O)[O-])ccc1C. The van der Waals surface area contributed by atoms with Crippen molar-refractivity contribution >= 4 is 17.3 Å². The van der Waals surface area contributed by atoms with Gasteiger partial charge in [0.05, 0.1) is 17.7 Å². The van der Waals surface area contributed by atoms with Gasteiger partial charge < -0.3 is 14.8 Å². The van der Waals surface area contributed by atoms with Crippen molar-refractivity contribution in [3.63, 3.8) is 0 Å². The van der Waals surface area contributed by atoms with Crippen molar-refractivity contribution in [3.05, 3.63) is 58.1 Å². The number of ether oxygens (including phenoxy) is 2. The van der Waals surface area contributed by atoms with Gasteiger partial charge in [0.1, 0.15) is 11.5 Å². The first-order valence-corrected chi connectivity index (χ1v) is 7.81. The highest BCUT2D eigenvalue weighted by molar-refractivity contribution is 5.95. The van der Waals surface area contributed by atoms with Gasteiger partial charge in [-0.1, -0.05) is 13.0 Å². The minimum atomic E-state index is -0.716. The third-order valence-corrected chi connectivity index (χ3v) is 3.69. The number of hydrogen-bond donors (Lipinski definition) is 1. The van der Waals surface area contributed by atoms with Crippen molar-refractivity contribution in [1.29, 1.82) is 0 Å². The van der Waals surface area contributed by atoms with Crippen LogP contribution in [0, 0.1) is 17.0 Å². The van der Waals surface area contributed by atoms with Crippen LogP contribution in [0.3, 0.4) is 0 Å². The molecule has 0 saturated heterocycles. The second kappa shape index (κ2) is 8.14. The van der Waals surface area contributed by atoms with Crippen LogP contribution < -0.4 is 14.8 Å². The number of rotatable bonds is 7. The number of carbonyl (C=O) groups excluding carboxylic acids is 1. The van der Waals surface area contributed by atoms with Crippen molar-refractivity contribution in [3.8, 4) is 11.5 Å². The van der Waals surface area contributed by atoms with Crippen LogP contribution in [0.5, 0.6) is 11.5 Å². The van der Waals surface area contributed by atoms with Gasteiger partial charge in [0.2, 0.25) is 0 Å². The van der Waals surface area contributed by atoms with E-state index in [-0.39, 0.29) is 11.6 Å². The van der Waals surface area contributed by atoms with Gasteiger partial charge in [-0.05, 0) is 43.2 Å². The molecule has 0 spiro atoms. The molecule has 0 aliphatic carbocycles. The first-order chi connectivity index (χ1) is 11.9. The number of nitrogens with one attached hydrogen (secondary N) is 1. The van der Waals surface area contributed by atoms with E-state index >= 15 is 0 Å². The van der Waals surface area contributed by atoms with Gasteiger partial charge in [0, 0.05) is 12.1 Å². The normalized spacial score (nSPS) is 11.5. The monoisotopic (exact) mass is 344 g/mol. The highest BCUT2D eigenvalue weighted by Gasteiger charge is 2.20. The molecule has 0 heterocycles. The van der Waals surface area contributed by atoms with Crippen molar-refractivity contribution in [2.45, 2.75) is 26.4 Å². The molecule has 2 aromatic carbocycles. The van der Waals surface area contributed by atoms with Crippen LogP contribution in [0.15, 0.2) is 42.5 Å². The Kier molecular flexibility index (Phi) is 5.94. The maximum absolute atomic E-state index is 12.5. The Balaban J connectivity index is 2.11. The maximum atomic E-state index is 12.5. The molecule has 0 fully saturated rings. The van der Waals surface area contributed by atoms with Gasteiger partial charge in [-0.2, -0.15) is 0 Å². The smallest absolute Gasteiger partial charge is 0.271 e. The standard InChI is InChI=1S/C18H20N2O5/c1-4-17(25-15-9-7-14(24-3)8-10-15)18(21)19-16-11-13(20(22)23)6-5-12(16)2/h5-11,17H,4H2,1-3H3,(H,19,21)/t17-/m0/s1. The zero-order valence-electron chi connectivity index (χ0n) is 14.3. The minimum absolute atomic E-state index is 0.0787. The zero-order valence-corrected chi connectivity index (χ0v) is 14.3. The van der Waals surface area contributed by atoms with Gasteiger partial charge in [-0.25, -0.2) is 0 Å². The fourth-order valence-corrected chi connectivity index (χ4v) is 2.21. The molecule has 0 bridgehead atoms. The number of carbonyl (C=O) groups is 1. The fourth-order valence-electron chi connectivity index (χ4n) is 2.21. The fraction of sp³-hybridized carbons (Fsp3) is 0.278. The van der Waals surface area contributed by atoms with Gasteiger partial charge in [-0.3, -0.25) is 14.9 Å². The molecule has 25 heavy (non-hydrogen) atoms. The number of aryl methyl sites for hydroxylation is 1. The lowest BCUT2D eigenvalue weighted by Gasteiger charge is -2.18. The van der Waals surface area contributed by atoms with E-state index in [1.54, 1.807) is 44.4 Å². The van der Waals surface area contributed by atoms with Crippen LogP contribution in [-0.4, -0.2) is 24.0 Å². The Morgan fingerprint density at radius 3 is 2.40 bits per heavy atom. The van der Waals surface area contributed by atoms with E-state index < -0.39 is 11.0 Å². The third-order valence-electron chi connectivity index (χ3n) is 3.69. The Hall–Kier alpha value is -3.09. The molecular formula is C18H20N2O5. The molecule has 0 aromatic heterocycles. The van der Waals surface area contributed by atoms with E-state index in [0.29, 0.717) is 23.6 Å². The molecule has 0 aliphatic rings. The van der Waals surface area contributed by atoms with Crippen LogP contribution in [-0.2, 0) is 4.79 Å². The number of nitro groups is 1. The van der Waals surface area contributed by atoms with E-state index in [4.69, 9.17) is 9.47 Å². The second-order valence-corrected chi connectivity index (χ2v) is 5.44. The van der Waals surface area contributed by atoms with E-state index in [1.807, 2.05) is 6.92 Å². The number of anilines is 1. The predicted octanol–water partition coefficient (Wildman–Crippen LogP) is 3.71. The number of benzene rings is 2. The number of methoxy groups -OCH3 is 1. The molecule has 7 nitrogen and oxygen atoms in total. The van der Waals surface area contributed by atoms with Crippen molar-refractivity contribution in [2.24, 2.45) is 0 Å². The number of hydrogen-bond acceptors (Lipinski definition) is 5. The summed E-state index contributed by atoms with van der Waals surface area (Å²) in [5, 5.41) is 13.6. The molecule has 132 valence electrons. The summed E-state index contributed by atoms with van der Waals surface area (Å²) in [6.07, 6.45) is -0.265. The number of non-ortho nitro benzene ring substituents is 1. The van der Waals surface area contributed by atoms with Crippen molar-refractivity contribution < 1.29 is 19.2 Å². The Morgan fingerprint density at radius 2 is 1.84 bits per heavy atom. The summed E-state index contributed by atoms with van der Waals surface area (Å²) in [5.74, 6) is 0.873. The maximum Gasteiger partial charge on any atom is 0.271 e. The Labute approximate surface area is 145 Å². The summed E-state index contributed by atoms with van der Waals surface area (Å²) in [5.41, 5.74) is 1.05. The highest BCUT2D eigenvalue weighted by atomic mass is 16.6. The Morgan fingerprint density at radius 1 is 1.20 bits per heavy atom.